The van der Waals surface area contributed by atoms with E-state index >= 15 is 0 Å². The largest absolute Gasteiger partial charge is 0.485 e. The van der Waals surface area contributed by atoms with Gasteiger partial charge in [0.25, 0.3) is 0 Å². The zero-order valence-electron chi connectivity index (χ0n) is 11.4. The van der Waals surface area contributed by atoms with Crippen molar-refractivity contribution >= 4 is 27.5 Å². The van der Waals surface area contributed by atoms with Crippen LogP contribution in [0.4, 0.5) is 0 Å². The van der Waals surface area contributed by atoms with E-state index in [1.807, 2.05) is 24.3 Å². The maximum Gasteiger partial charge on any atom is 0.160 e. The highest BCUT2D eigenvalue weighted by molar-refractivity contribution is 9.10. The van der Waals surface area contributed by atoms with Gasteiger partial charge >= 0.3 is 0 Å². The number of nitrogens with zero attached hydrogens (tertiary/aromatic N) is 2. The highest BCUT2D eigenvalue weighted by atomic mass is 79.9. The second-order valence-electron chi connectivity index (χ2n) is 4.71. The molecule has 1 aromatic carbocycles. The van der Waals surface area contributed by atoms with Crippen LogP contribution in [-0.4, -0.2) is 9.97 Å². The molecule has 5 heteroatoms. The zero-order valence-corrected chi connectivity index (χ0v) is 13.8. The molecule has 0 spiro atoms. The lowest BCUT2D eigenvalue weighted by molar-refractivity contribution is 0.299. The minimum absolute atomic E-state index is 0.272. The van der Waals surface area contributed by atoms with Crippen LogP contribution < -0.4 is 4.74 Å². The molecule has 0 saturated carbocycles. The van der Waals surface area contributed by atoms with Gasteiger partial charge in [-0.3, -0.25) is 0 Å². The van der Waals surface area contributed by atoms with Crippen LogP contribution >= 0.6 is 27.5 Å². The summed E-state index contributed by atoms with van der Waals surface area (Å²) in [5.74, 6) is 2.01. The molecular formula is C15H16BrClN2O. The first-order valence-electron chi connectivity index (χ1n) is 6.39. The second kappa shape index (κ2) is 7.04. The fourth-order valence-corrected chi connectivity index (χ4v) is 2.28. The summed E-state index contributed by atoms with van der Waals surface area (Å²) in [5, 5.41) is 0. The van der Waals surface area contributed by atoms with Gasteiger partial charge in [0, 0.05) is 16.0 Å². The van der Waals surface area contributed by atoms with Crippen molar-refractivity contribution in [2.75, 3.05) is 0 Å². The van der Waals surface area contributed by atoms with Crippen LogP contribution in [0.15, 0.2) is 34.9 Å². The normalized spacial score (nSPS) is 10.8. The van der Waals surface area contributed by atoms with E-state index in [1.54, 1.807) is 6.20 Å². The molecule has 0 N–H and O–H groups in total. The summed E-state index contributed by atoms with van der Waals surface area (Å²) in [6.45, 7) is 4.56. The Morgan fingerprint density at radius 3 is 2.70 bits per heavy atom. The van der Waals surface area contributed by atoms with Gasteiger partial charge in [-0.2, -0.15) is 0 Å². The number of hydrogen-bond acceptors (Lipinski definition) is 3. The number of halogens is 2. The van der Waals surface area contributed by atoms with Crippen molar-refractivity contribution in [2.45, 2.75) is 32.3 Å². The highest BCUT2D eigenvalue weighted by Crippen LogP contribution is 2.23. The third-order valence-electron chi connectivity index (χ3n) is 2.83. The van der Waals surface area contributed by atoms with Crippen LogP contribution in [0.3, 0.4) is 0 Å². The minimum atomic E-state index is 0.272. The lowest BCUT2D eigenvalue weighted by atomic mass is 10.2. The fraction of sp³-hybridized carbons (Fsp3) is 0.333. The first kappa shape index (κ1) is 15.3. The summed E-state index contributed by atoms with van der Waals surface area (Å²) in [5.41, 5.74) is 1.80. The molecule has 1 aromatic heterocycles. The van der Waals surface area contributed by atoms with E-state index in [-0.39, 0.29) is 5.92 Å². The van der Waals surface area contributed by atoms with E-state index in [4.69, 9.17) is 16.3 Å². The van der Waals surface area contributed by atoms with E-state index in [2.05, 4.69) is 39.7 Å². The molecular weight excluding hydrogens is 340 g/mol. The molecule has 0 fully saturated rings. The van der Waals surface area contributed by atoms with Crippen LogP contribution in [0.1, 0.15) is 36.8 Å². The second-order valence-corrected chi connectivity index (χ2v) is 5.83. The van der Waals surface area contributed by atoms with Gasteiger partial charge in [0.05, 0.1) is 12.1 Å². The summed E-state index contributed by atoms with van der Waals surface area (Å²) in [6, 6.07) is 7.94. The average molecular weight is 356 g/mol. The molecule has 0 bridgehead atoms. The van der Waals surface area contributed by atoms with E-state index in [0.29, 0.717) is 18.2 Å². The third kappa shape index (κ3) is 3.70. The maximum atomic E-state index is 5.94. The number of benzene rings is 1. The molecule has 1 heterocycles. The Kier molecular flexibility index (Phi) is 5.38. The molecule has 0 radical (unpaired) electrons. The number of ether oxygens (including phenoxy) is 1. The van der Waals surface area contributed by atoms with E-state index in [9.17, 15) is 0 Å². The maximum absolute atomic E-state index is 5.94. The number of aromatic nitrogens is 2. The van der Waals surface area contributed by atoms with Gasteiger partial charge in [-0.15, -0.1) is 11.6 Å². The molecule has 2 aromatic rings. The van der Waals surface area contributed by atoms with Crippen molar-refractivity contribution in [3.63, 3.8) is 0 Å². The van der Waals surface area contributed by atoms with Crippen molar-refractivity contribution in [3.05, 3.63) is 52.0 Å². The first-order valence-corrected chi connectivity index (χ1v) is 7.72. The third-order valence-corrected chi connectivity index (χ3v) is 3.86. The Hall–Kier alpha value is -1.13. The van der Waals surface area contributed by atoms with Crippen LogP contribution in [0.5, 0.6) is 5.75 Å². The topological polar surface area (TPSA) is 35.0 Å². The molecule has 0 saturated heterocycles. The lowest BCUT2D eigenvalue weighted by Crippen LogP contribution is -2.05. The molecule has 0 aliphatic carbocycles. The van der Waals surface area contributed by atoms with Crippen molar-refractivity contribution < 1.29 is 4.74 Å². The Morgan fingerprint density at radius 1 is 1.30 bits per heavy atom. The van der Waals surface area contributed by atoms with Crippen molar-refractivity contribution in [1.82, 2.24) is 9.97 Å². The molecule has 20 heavy (non-hydrogen) atoms. The summed E-state index contributed by atoms with van der Waals surface area (Å²) >= 11 is 9.44. The molecule has 106 valence electrons. The lowest BCUT2D eigenvalue weighted by Gasteiger charge is -2.12. The summed E-state index contributed by atoms with van der Waals surface area (Å²) < 4.78 is 6.81. The molecule has 2 rings (SSSR count). The predicted octanol–water partition coefficient (Wildman–Crippen LogP) is 4.68. The molecule has 3 nitrogen and oxygen atoms in total. The molecule has 0 amide bonds. The number of hydrogen-bond donors (Lipinski definition) is 0. The van der Waals surface area contributed by atoms with Gasteiger partial charge in [-0.25, -0.2) is 9.97 Å². The van der Waals surface area contributed by atoms with Crippen LogP contribution in [0, 0.1) is 0 Å². The Balaban J connectivity index is 2.15. The van der Waals surface area contributed by atoms with E-state index in [0.717, 1.165) is 21.6 Å². The van der Waals surface area contributed by atoms with E-state index in [1.165, 1.54) is 0 Å². The van der Waals surface area contributed by atoms with Crippen molar-refractivity contribution in [2.24, 2.45) is 0 Å². The summed E-state index contributed by atoms with van der Waals surface area (Å²) in [6.07, 6.45) is 1.71. The summed E-state index contributed by atoms with van der Waals surface area (Å²) in [7, 11) is 0. The quantitative estimate of drug-likeness (QED) is 0.730. The molecule has 0 atom stereocenters. The molecule has 0 aliphatic rings. The van der Waals surface area contributed by atoms with Gasteiger partial charge in [0.2, 0.25) is 0 Å². The molecule has 0 aliphatic heterocycles. The molecule has 0 unspecified atom stereocenters. The van der Waals surface area contributed by atoms with Crippen LogP contribution in [-0.2, 0) is 12.5 Å². The Labute approximate surface area is 132 Å². The van der Waals surface area contributed by atoms with Crippen LogP contribution in [0.2, 0.25) is 0 Å². The van der Waals surface area contributed by atoms with Gasteiger partial charge in [-0.05, 0) is 6.07 Å². The Morgan fingerprint density at radius 2 is 2.05 bits per heavy atom. The predicted molar refractivity (Wildman–Crippen MR) is 84.2 cm³/mol. The number of rotatable bonds is 5. The van der Waals surface area contributed by atoms with Gasteiger partial charge in [-0.1, -0.05) is 48.0 Å². The SMILES string of the molecule is CC(C)c1ncc(OCc2ccccc2Br)c(CCl)n1. The minimum Gasteiger partial charge on any atom is -0.485 e. The van der Waals surface area contributed by atoms with Gasteiger partial charge < -0.3 is 4.74 Å². The Bertz CT molecular complexity index is 590. The fourth-order valence-electron chi connectivity index (χ4n) is 1.69. The zero-order chi connectivity index (χ0) is 14.5. The highest BCUT2D eigenvalue weighted by Gasteiger charge is 2.10. The van der Waals surface area contributed by atoms with E-state index < -0.39 is 0 Å². The summed E-state index contributed by atoms with van der Waals surface area (Å²) in [4.78, 5) is 8.76. The van der Waals surface area contributed by atoms with Crippen LogP contribution in [0.25, 0.3) is 0 Å². The number of alkyl halides is 1. The average Bonchev–Trinajstić information content (AvgIpc) is 2.46. The van der Waals surface area contributed by atoms with Crippen molar-refractivity contribution in [3.8, 4) is 5.75 Å². The van der Waals surface area contributed by atoms with Gasteiger partial charge in [0.15, 0.2) is 5.75 Å². The standard InChI is InChI=1S/C15H16BrClN2O/c1-10(2)15-18-8-14(13(7-17)19-15)20-9-11-5-3-4-6-12(11)16/h3-6,8,10H,7,9H2,1-2H3. The smallest absolute Gasteiger partial charge is 0.160 e. The van der Waals surface area contributed by atoms with Crippen molar-refractivity contribution in [1.29, 1.82) is 0 Å². The van der Waals surface area contributed by atoms with Gasteiger partial charge in [0.1, 0.15) is 18.1 Å². The monoisotopic (exact) mass is 354 g/mol. The first-order chi connectivity index (χ1) is 9.61.